The first-order chi connectivity index (χ1) is 10.8. The first kappa shape index (κ1) is 18.9. The Morgan fingerprint density at radius 1 is 1.35 bits per heavy atom. The standard InChI is InChI=1S/C16H20F2N2O3/c1-4-11-5-13(17)15(14(18)6-11)20-16(22)19-7-12(21)9-23-8-10(2)3/h1,5-6,10,12,21H,7-9H2,2-3H3,(H2,19,20,22). The molecule has 0 aliphatic carbocycles. The zero-order valence-electron chi connectivity index (χ0n) is 13.0. The molecule has 1 atom stereocenters. The Bertz CT molecular complexity index is 562. The summed E-state index contributed by atoms with van der Waals surface area (Å²) in [5.74, 6) is 0.475. The Kier molecular flexibility index (Phi) is 7.45. The molecule has 0 fully saturated rings. The molecule has 23 heavy (non-hydrogen) atoms. The molecule has 1 aromatic rings. The van der Waals surface area contributed by atoms with Crippen LogP contribution in [-0.4, -0.2) is 37.0 Å². The number of rotatable bonds is 7. The van der Waals surface area contributed by atoms with Crippen molar-refractivity contribution in [2.45, 2.75) is 20.0 Å². The zero-order valence-corrected chi connectivity index (χ0v) is 13.0. The second-order valence-electron chi connectivity index (χ2n) is 5.38. The Hall–Kier alpha value is -2.17. The molecular formula is C16H20F2N2O3. The number of terminal acetylenes is 1. The molecule has 0 aromatic heterocycles. The number of benzene rings is 1. The fraction of sp³-hybridized carbons (Fsp3) is 0.438. The van der Waals surface area contributed by atoms with Crippen LogP contribution in [0.5, 0.6) is 0 Å². The van der Waals surface area contributed by atoms with E-state index in [4.69, 9.17) is 11.2 Å². The number of ether oxygens (including phenoxy) is 1. The monoisotopic (exact) mass is 326 g/mol. The number of carbonyl (C=O) groups is 1. The first-order valence-electron chi connectivity index (χ1n) is 7.09. The van der Waals surface area contributed by atoms with Crippen molar-refractivity contribution in [1.82, 2.24) is 5.32 Å². The van der Waals surface area contributed by atoms with Crippen LogP contribution < -0.4 is 10.6 Å². The van der Waals surface area contributed by atoms with Crippen LogP contribution >= 0.6 is 0 Å². The van der Waals surface area contributed by atoms with Gasteiger partial charge >= 0.3 is 6.03 Å². The molecule has 0 heterocycles. The first-order valence-corrected chi connectivity index (χ1v) is 7.09. The minimum atomic E-state index is -0.978. The van der Waals surface area contributed by atoms with Crippen molar-refractivity contribution in [2.24, 2.45) is 5.92 Å². The van der Waals surface area contributed by atoms with Gasteiger partial charge in [0.25, 0.3) is 0 Å². The van der Waals surface area contributed by atoms with Crippen molar-refractivity contribution in [3.05, 3.63) is 29.3 Å². The van der Waals surface area contributed by atoms with Gasteiger partial charge in [-0.05, 0) is 18.1 Å². The van der Waals surface area contributed by atoms with Crippen LogP contribution in [0.4, 0.5) is 19.3 Å². The predicted octanol–water partition coefficient (Wildman–Crippen LogP) is 2.10. The number of urea groups is 1. The van der Waals surface area contributed by atoms with Crippen molar-refractivity contribution in [3.8, 4) is 12.3 Å². The van der Waals surface area contributed by atoms with Crippen LogP contribution in [0.3, 0.4) is 0 Å². The van der Waals surface area contributed by atoms with E-state index in [0.717, 1.165) is 12.1 Å². The Labute approximate surface area is 134 Å². The number of hydrogen-bond acceptors (Lipinski definition) is 3. The number of amides is 2. The fourth-order valence-corrected chi connectivity index (χ4v) is 1.64. The second kappa shape index (κ2) is 9.08. The van der Waals surface area contributed by atoms with Gasteiger partial charge in [-0.3, -0.25) is 0 Å². The minimum absolute atomic E-state index is 0.0312. The third-order valence-electron chi connectivity index (χ3n) is 2.71. The van der Waals surface area contributed by atoms with Gasteiger partial charge in [0.2, 0.25) is 0 Å². The summed E-state index contributed by atoms with van der Waals surface area (Å²) in [6.45, 7) is 4.36. The fourth-order valence-electron chi connectivity index (χ4n) is 1.64. The zero-order chi connectivity index (χ0) is 17.4. The van der Waals surface area contributed by atoms with Gasteiger partial charge in [0.1, 0.15) is 5.69 Å². The lowest BCUT2D eigenvalue weighted by Crippen LogP contribution is -2.37. The Balaban J connectivity index is 2.47. The highest BCUT2D eigenvalue weighted by molar-refractivity contribution is 5.89. The molecule has 0 spiro atoms. The molecule has 0 bridgehead atoms. The average Bonchev–Trinajstić information content (AvgIpc) is 2.48. The SMILES string of the molecule is C#Cc1cc(F)c(NC(=O)NCC(O)COCC(C)C)c(F)c1. The van der Waals surface area contributed by atoms with E-state index in [1.165, 1.54) is 0 Å². The van der Waals surface area contributed by atoms with Crippen LogP contribution in [-0.2, 0) is 4.74 Å². The van der Waals surface area contributed by atoms with E-state index >= 15 is 0 Å². The van der Waals surface area contributed by atoms with Crippen molar-refractivity contribution in [1.29, 1.82) is 0 Å². The van der Waals surface area contributed by atoms with Crippen molar-refractivity contribution >= 4 is 11.7 Å². The van der Waals surface area contributed by atoms with E-state index in [1.54, 1.807) is 0 Å². The number of carbonyl (C=O) groups excluding carboxylic acids is 1. The molecule has 0 saturated carbocycles. The summed E-state index contributed by atoms with van der Waals surface area (Å²) < 4.78 is 32.5. The molecule has 5 nitrogen and oxygen atoms in total. The van der Waals surface area contributed by atoms with Gasteiger partial charge in [-0.2, -0.15) is 0 Å². The van der Waals surface area contributed by atoms with Gasteiger partial charge in [-0.1, -0.05) is 19.8 Å². The molecule has 1 aromatic carbocycles. The topological polar surface area (TPSA) is 70.6 Å². The lowest BCUT2D eigenvalue weighted by Gasteiger charge is -2.14. The molecule has 1 rings (SSSR count). The normalized spacial score (nSPS) is 11.9. The van der Waals surface area contributed by atoms with Gasteiger partial charge < -0.3 is 20.5 Å². The quantitative estimate of drug-likeness (QED) is 0.672. The van der Waals surface area contributed by atoms with Crippen molar-refractivity contribution in [2.75, 3.05) is 25.1 Å². The maximum atomic E-state index is 13.7. The largest absolute Gasteiger partial charge is 0.389 e. The number of aliphatic hydroxyl groups is 1. The minimum Gasteiger partial charge on any atom is -0.389 e. The summed E-state index contributed by atoms with van der Waals surface area (Å²) in [6.07, 6.45) is 4.14. The molecule has 1 unspecified atom stereocenters. The molecule has 3 N–H and O–H groups in total. The molecule has 0 aliphatic heterocycles. The highest BCUT2D eigenvalue weighted by Gasteiger charge is 2.14. The smallest absolute Gasteiger partial charge is 0.319 e. The van der Waals surface area contributed by atoms with E-state index in [1.807, 2.05) is 19.2 Å². The highest BCUT2D eigenvalue weighted by atomic mass is 19.1. The third kappa shape index (κ3) is 6.63. The van der Waals surface area contributed by atoms with Gasteiger partial charge in [0.05, 0.1) is 12.7 Å². The summed E-state index contributed by atoms with van der Waals surface area (Å²) in [5.41, 5.74) is -0.573. The van der Waals surface area contributed by atoms with Crippen LogP contribution in [0.2, 0.25) is 0 Å². The van der Waals surface area contributed by atoms with E-state index in [9.17, 15) is 18.7 Å². The number of hydrogen-bond donors (Lipinski definition) is 3. The van der Waals surface area contributed by atoms with E-state index in [2.05, 4.69) is 11.2 Å². The highest BCUT2D eigenvalue weighted by Crippen LogP contribution is 2.20. The molecular weight excluding hydrogens is 306 g/mol. The molecule has 2 amide bonds. The number of aliphatic hydroxyl groups excluding tert-OH is 1. The van der Waals surface area contributed by atoms with E-state index in [-0.39, 0.29) is 18.7 Å². The summed E-state index contributed by atoms with van der Waals surface area (Å²) in [6, 6.07) is 1.03. The van der Waals surface area contributed by atoms with E-state index < -0.39 is 29.5 Å². The molecule has 0 aliphatic rings. The second-order valence-corrected chi connectivity index (χ2v) is 5.38. The predicted molar refractivity (Wildman–Crippen MR) is 83.0 cm³/mol. The summed E-state index contributed by atoms with van der Waals surface area (Å²) in [5, 5.41) is 14.0. The Morgan fingerprint density at radius 2 is 1.96 bits per heavy atom. The van der Waals surface area contributed by atoms with Crippen molar-refractivity contribution in [3.63, 3.8) is 0 Å². The molecule has 0 radical (unpaired) electrons. The summed E-state index contributed by atoms with van der Waals surface area (Å²) in [7, 11) is 0. The van der Waals surface area contributed by atoms with Crippen LogP contribution in [0.1, 0.15) is 19.4 Å². The lowest BCUT2D eigenvalue weighted by atomic mass is 10.2. The van der Waals surface area contributed by atoms with E-state index in [0.29, 0.717) is 12.5 Å². The average molecular weight is 326 g/mol. The molecule has 7 heteroatoms. The molecule has 126 valence electrons. The number of nitrogens with one attached hydrogen (secondary N) is 2. The maximum absolute atomic E-state index is 13.7. The lowest BCUT2D eigenvalue weighted by molar-refractivity contribution is 0.0274. The van der Waals surface area contributed by atoms with Crippen LogP contribution in [0, 0.1) is 29.9 Å². The van der Waals surface area contributed by atoms with Crippen LogP contribution in [0.25, 0.3) is 0 Å². The number of anilines is 1. The van der Waals surface area contributed by atoms with Gasteiger partial charge in [-0.25, -0.2) is 13.6 Å². The molecule has 0 saturated heterocycles. The van der Waals surface area contributed by atoms with Crippen molar-refractivity contribution < 1.29 is 23.4 Å². The van der Waals surface area contributed by atoms with Gasteiger partial charge in [0, 0.05) is 18.7 Å². The summed E-state index contributed by atoms with van der Waals surface area (Å²) >= 11 is 0. The van der Waals surface area contributed by atoms with Gasteiger partial charge in [-0.15, -0.1) is 6.42 Å². The maximum Gasteiger partial charge on any atom is 0.319 e. The summed E-state index contributed by atoms with van der Waals surface area (Å²) in [4.78, 5) is 11.6. The van der Waals surface area contributed by atoms with Crippen LogP contribution in [0.15, 0.2) is 12.1 Å². The Morgan fingerprint density at radius 3 is 2.48 bits per heavy atom. The number of halogens is 2. The van der Waals surface area contributed by atoms with Gasteiger partial charge in [0.15, 0.2) is 11.6 Å². The third-order valence-corrected chi connectivity index (χ3v) is 2.71.